The Bertz CT molecular complexity index is 1090. The van der Waals surface area contributed by atoms with Crippen LogP contribution in [0.2, 0.25) is 0 Å². The summed E-state index contributed by atoms with van der Waals surface area (Å²) in [4.78, 5) is 0. The van der Waals surface area contributed by atoms with Gasteiger partial charge in [0.1, 0.15) is 6.54 Å². The highest BCUT2D eigenvalue weighted by molar-refractivity contribution is 5.87. The van der Waals surface area contributed by atoms with Crippen molar-refractivity contribution >= 4 is 16.7 Å². The van der Waals surface area contributed by atoms with Crippen LogP contribution in [0.4, 0.5) is 0 Å². The average molecular weight is 263 g/mol. The third-order valence-corrected chi connectivity index (χ3v) is 4.19. The summed E-state index contributed by atoms with van der Waals surface area (Å²) < 4.78 is 29.6. The van der Waals surface area contributed by atoms with Crippen LogP contribution in [-0.4, -0.2) is 8.97 Å². The number of hydrogen-bond donors (Lipinski definition) is 0. The summed E-state index contributed by atoms with van der Waals surface area (Å²) in [6.07, 6.45) is 2.01. The molecule has 3 nitrogen and oxygen atoms in total. The number of nitrogens with zero attached hydrogens (tertiary/aromatic N) is 3. The molecule has 0 aliphatic carbocycles. The van der Waals surface area contributed by atoms with Crippen LogP contribution in [-0.2, 0) is 13.5 Å². The molecular weight excluding hydrogens is 246 g/mol. The normalized spacial score (nSPS) is 15.9. The molecule has 20 heavy (non-hydrogen) atoms. The van der Waals surface area contributed by atoms with E-state index in [9.17, 15) is 0 Å². The lowest BCUT2D eigenvalue weighted by atomic mass is 10.1. The van der Waals surface area contributed by atoms with Crippen molar-refractivity contribution < 1.29 is 8.68 Å². The van der Waals surface area contributed by atoms with Gasteiger partial charge in [-0.2, -0.15) is 4.40 Å². The van der Waals surface area contributed by atoms with Crippen molar-refractivity contribution in [3.8, 4) is 11.3 Å². The molecule has 0 bridgehead atoms. The molecule has 0 saturated heterocycles. The van der Waals surface area contributed by atoms with Crippen LogP contribution in [0.5, 0.6) is 0 Å². The van der Waals surface area contributed by atoms with Gasteiger partial charge in [0.25, 0.3) is 12.0 Å². The Morgan fingerprint density at radius 1 is 1.05 bits per heavy atom. The van der Waals surface area contributed by atoms with Crippen LogP contribution in [0.15, 0.2) is 54.9 Å². The van der Waals surface area contributed by atoms with Gasteiger partial charge in [-0.3, -0.25) is 0 Å². The first-order valence-corrected chi connectivity index (χ1v) is 6.68. The molecular formula is C17H14N3+. The first-order valence-electron chi connectivity index (χ1n) is 8.18. The fraction of sp³-hybridized carbons (Fsp3) is 0.118. The summed E-state index contributed by atoms with van der Waals surface area (Å²) in [6, 6.07) is 15.8. The molecule has 0 fully saturated rings. The number of fused-ring (bicyclic) bond motifs is 7. The van der Waals surface area contributed by atoms with E-state index in [1.54, 1.807) is 0 Å². The summed E-state index contributed by atoms with van der Waals surface area (Å²) in [5, 5.41) is 0. The van der Waals surface area contributed by atoms with Gasteiger partial charge >= 0.3 is 0 Å². The maximum Gasteiger partial charge on any atom is 0.255 e. The van der Waals surface area contributed by atoms with Crippen molar-refractivity contribution in [3.05, 3.63) is 60.4 Å². The predicted molar refractivity (Wildman–Crippen MR) is 78.6 cm³/mol. The van der Waals surface area contributed by atoms with E-state index in [4.69, 9.17) is 4.11 Å². The van der Waals surface area contributed by atoms with Gasteiger partial charge in [0.15, 0.2) is 5.52 Å². The maximum atomic E-state index is 8.01. The minimum absolute atomic E-state index is 0.732. The first-order chi connectivity index (χ1) is 11.1. The van der Waals surface area contributed by atoms with E-state index in [-0.39, 0.29) is 0 Å². The molecule has 0 N–H and O–H groups in total. The first kappa shape index (κ1) is 7.90. The Hall–Kier alpha value is -2.55. The Balaban J connectivity index is 2.02. The molecule has 96 valence electrons. The number of para-hydroxylation sites is 2. The minimum atomic E-state index is -2.23. The van der Waals surface area contributed by atoms with Gasteiger partial charge in [-0.1, -0.05) is 36.4 Å². The lowest BCUT2D eigenvalue weighted by Gasteiger charge is -1.95. The van der Waals surface area contributed by atoms with E-state index in [0.717, 1.165) is 34.5 Å². The van der Waals surface area contributed by atoms with Crippen LogP contribution in [0, 0.1) is 0 Å². The second-order valence-electron chi connectivity index (χ2n) is 5.27. The van der Waals surface area contributed by atoms with Gasteiger partial charge in [-0.15, -0.1) is 0 Å². The summed E-state index contributed by atoms with van der Waals surface area (Å²) in [5.74, 6) is 0. The molecule has 4 aromatic rings. The number of aromatic nitrogens is 3. The molecule has 2 aromatic heterocycles. The third kappa shape index (κ3) is 1.05. The Kier molecular flexibility index (Phi) is 1.31. The summed E-state index contributed by atoms with van der Waals surface area (Å²) in [6.45, 7) is -1.45. The second kappa shape index (κ2) is 3.31. The lowest BCUT2D eigenvalue weighted by Crippen LogP contribution is -2.29. The Labute approximate surface area is 120 Å². The van der Waals surface area contributed by atoms with Crippen LogP contribution in [0.3, 0.4) is 0 Å². The summed E-state index contributed by atoms with van der Waals surface area (Å²) in [5.41, 5.74) is 5.70. The van der Waals surface area contributed by atoms with Gasteiger partial charge in [0.2, 0.25) is 5.69 Å². The number of hydrogen-bond acceptors (Lipinski definition) is 0. The van der Waals surface area contributed by atoms with Gasteiger partial charge in [-0.25, -0.2) is 4.57 Å². The van der Waals surface area contributed by atoms with Crippen LogP contribution >= 0.6 is 0 Å². The highest BCUT2D eigenvalue weighted by atomic mass is 15.2. The number of rotatable bonds is 0. The van der Waals surface area contributed by atoms with Crippen molar-refractivity contribution in [2.75, 3.05) is 0 Å². The number of imidazole rings is 2. The average Bonchev–Trinajstić information content (AvgIpc) is 3.12. The molecule has 0 unspecified atom stereocenters. The molecule has 0 atom stereocenters. The van der Waals surface area contributed by atoms with Gasteiger partial charge in [0.05, 0.1) is 5.52 Å². The Morgan fingerprint density at radius 2 is 1.85 bits per heavy atom. The van der Waals surface area contributed by atoms with E-state index in [1.165, 1.54) is 10.1 Å². The van der Waals surface area contributed by atoms with E-state index < -0.39 is 6.98 Å². The molecule has 3 heterocycles. The summed E-state index contributed by atoms with van der Waals surface area (Å²) in [7, 11) is 0. The molecule has 0 radical (unpaired) electrons. The summed E-state index contributed by atoms with van der Waals surface area (Å²) >= 11 is 0. The zero-order valence-electron chi connectivity index (χ0n) is 13.7. The fourth-order valence-corrected chi connectivity index (χ4v) is 3.32. The molecule has 2 aromatic carbocycles. The van der Waals surface area contributed by atoms with E-state index in [2.05, 4.69) is 16.7 Å². The third-order valence-electron chi connectivity index (χ3n) is 4.19. The quantitative estimate of drug-likeness (QED) is 0.381. The minimum Gasteiger partial charge on any atom is -0.304 e. The van der Waals surface area contributed by atoms with E-state index in [0.29, 0.717) is 0 Å². The predicted octanol–water partition coefficient (Wildman–Crippen LogP) is 2.75. The monoisotopic (exact) mass is 263 g/mol. The zero-order valence-corrected chi connectivity index (χ0v) is 10.7. The standard InChI is InChI=1S/C17H14N3/c1-18-14-8-4-5-9-15(14)20-11-19-10-12-6-2-3-7-13(12)16(19)17(18)20/h2-9,11H,10H2,1H3/q+1/i1D3. The van der Waals surface area contributed by atoms with E-state index in [1.807, 2.05) is 47.1 Å². The van der Waals surface area contributed by atoms with Crippen molar-refractivity contribution in [1.82, 2.24) is 8.97 Å². The molecule has 1 aliphatic heterocycles. The van der Waals surface area contributed by atoms with Gasteiger partial charge < -0.3 is 4.57 Å². The zero-order chi connectivity index (χ0) is 15.8. The molecule has 5 rings (SSSR count). The number of aryl methyl sites for hydroxylation is 1. The van der Waals surface area contributed by atoms with Crippen LogP contribution < -0.4 is 4.57 Å². The molecule has 1 aliphatic rings. The molecule has 0 spiro atoms. The molecule has 3 heteroatoms. The van der Waals surface area contributed by atoms with Crippen LogP contribution in [0.25, 0.3) is 27.9 Å². The fourth-order valence-electron chi connectivity index (χ4n) is 3.32. The number of benzene rings is 2. The molecule has 0 saturated carbocycles. The molecule has 0 amide bonds. The lowest BCUT2D eigenvalue weighted by molar-refractivity contribution is -0.671. The van der Waals surface area contributed by atoms with Gasteiger partial charge in [-0.05, 0) is 12.1 Å². The Morgan fingerprint density at radius 3 is 2.75 bits per heavy atom. The topological polar surface area (TPSA) is 13.2 Å². The van der Waals surface area contributed by atoms with Crippen molar-refractivity contribution in [1.29, 1.82) is 0 Å². The highest BCUT2D eigenvalue weighted by Crippen LogP contribution is 2.33. The highest BCUT2D eigenvalue weighted by Gasteiger charge is 2.31. The van der Waals surface area contributed by atoms with Crippen molar-refractivity contribution in [3.63, 3.8) is 0 Å². The van der Waals surface area contributed by atoms with Crippen molar-refractivity contribution in [2.45, 2.75) is 6.54 Å². The largest absolute Gasteiger partial charge is 0.304 e. The van der Waals surface area contributed by atoms with Crippen LogP contribution in [0.1, 0.15) is 9.68 Å². The van der Waals surface area contributed by atoms with Gasteiger partial charge in [0, 0.05) is 22.2 Å². The smallest absolute Gasteiger partial charge is 0.255 e. The second-order valence-corrected chi connectivity index (χ2v) is 5.27. The van der Waals surface area contributed by atoms with Crippen molar-refractivity contribution in [2.24, 2.45) is 6.98 Å². The van der Waals surface area contributed by atoms with E-state index >= 15 is 0 Å². The maximum absolute atomic E-state index is 8.01. The SMILES string of the molecule is [2H]C([2H])([2H])n1c2ccccc2n2c[n+]3c(c12)-c1ccccc1C3.